The molecule has 0 amide bonds. The monoisotopic (exact) mass is 243 g/mol. The Morgan fingerprint density at radius 1 is 1.56 bits per heavy atom. The molecule has 1 heterocycles. The van der Waals surface area contributed by atoms with Crippen molar-refractivity contribution < 1.29 is 14.6 Å². The number of aliphatic carboxylic acids is 1. The van der Waals surface area contributed by atoms with E-state index < -0.39 is 11.9 Å². The number of methoxy groups -OCH3 is 1. The third-order valence-electron chi connectivity index (χ3n) is 2.69. The molecular formula is C11H14ClNO3. The van der Waals surface area contributed by atoms with Gasteiger partial charge >= 0.3 is 5.97 Å². The molecule has 0 aliphatic carbocycles. The van der Waals surface area contributed by atoms with Gasteiger partial charge in [0.25, 0.3) is 0 Å². The van der Waals surface area contributed by atoms with Crippen LogP contribution in [0.4, 0.5) is 0 Å². The molecule has 1 aromatic rings. The first-order chi connectivity index (χ1) is 7.22. The molecule has 5 heteroatoms. The van der Waals surface area contributed by atoms with Crippen LogP contribution in [-0.2, 0) is 11.3 Å². The quantitative estimate of drug-likeness (QED) is 0.824. The predicted molar refractivity (Wildman–Crippen MR) is 62.3 cm³/mol. The Kier molecular flexibility index (Phi) is 4.15. The Balaban J connectivity index is 0.00000128. The second-order valence-electron chi connectivity index (χ2n) is 3.59. The summed E-state index contributed by atoms with van der Waals surface area (Å²) in [6.45, 7) is 1.21. The van der Waals surface area contributed by atoms with Crippen LogP contribution < -0.4 is 10.1 Å². The summed E-state index contributed by atoms with van der Waals surface area (Å²) < 4.78 is 5.09. The number of carboxylic acid groups (broad SMARTS) is 1. The summed E-state index contributed by atoms with van der Waals surface area (Å²) in [4.78, 5) is 11.0. The molecule has 0 aromatic heterocycles. The zero-order valence-electron chi connectivity index (χ0n) is 8.90. The largest absolute Gasteiger partial charge is 0.497 e. The molecule has 1 aliphatic rings. The highest BCUT2D eigenvalue weighted by molar-refractivity contribution is 5.85. The van der Waals surface area contributed by atoms with Crippen LogP contribution in [0, 0.1) is 0 Å². The Bertz CT molecular complexity index is 395. The van der Waals surface area contributed by atoms with E-state index >= 15 is 0 Å². The number of carboxylic acids is 1. The normalized spacial score (nSPS) is 18.2. The fourth-order valence-electron chi connectivity index (χ4n) is 1.87. The Hall–Kier alpha value is -1.26. The zero-order valence-corrected chi connectivity index (χ0v) is 9.71. The topological polar surface area (TPSA) is 58.6 Å². The zero-order chi connectivity index (χ0) is 10.8. The lowest BCUT2D eigenvalue weighted by Gasteiger charge is -2.23. The fourth-order valence-corrected chi connectivity index (χ4v) is 1.87. The lowest BCUT2D eigenvalue weighted by molar-refractivity contribution is -0.138. The Labute approximate surface area is 100 Å². The van der Waals surface area contributed by atoms with E-state index in [2.05, 4.69) is 5.32 Å². The van der Waals surface area contributed by atoms with E-state index in [9.17, 15) is 4.79 Å². The van der Waals surface area contributed by atoms with E-state index in [-0.39, 0.29) is 12.4 Å². The van der Waals surface area contributed by atoms with E-state index in [4.69, 9.17) is 9.84 Å². The fraction of sp³-hybridized carbons (Fsp3) is 0.364. The van der Waals surface area contributed by atoms with Crippen molar-refractivity contribution in [1.82, 2.24) is 5.32 Å². The maximum absolute atomic E-state index is 11.0. The maximum Gasteiger partial charge on any atom is 0.312 e. The van der Waals surface area contributed by atoms with Crippen molar-refractivity contribution in [3.8, 4) is 5.75 Å². The molecule has 0 bridgehead atoms. The number of carbonyl (C=O) groups is 1. The van der Waals surface area contributed by atoms with Gasteiger partial charge in [0.1, 0.15) is 5.75 Å². The summed E-state index contributed by atoms with van der Waals surface area (Å²) in [5.74, 6) is -0.553. The van der Waals surface area contributed by atoms with Crippen molar-refractivity contribution in [2.24, 2.45) is 0 Å². The molecule has 0 spiro atoms. The van der Waals surface area contributed by atoms with E-state index in [0.717, 1.165) is 17.7 Å². The molecule has 2 N–H and O–H groups in total. The molecule has 0 radical (unpaired) electrons. The molecular weight excluding hydrogens is 230 g/mol. The number of halogens is 1. The molecule has 1 unspecified atom stereocenters. The second-order valence-corrected chi connectivity index (χ2v) is 3.59. The van der Waals surface area contributed by atoms with Gasteiger partial charge in [-0.05, 0) is 23.3 Å². The number of hydrogen-bond donors (Lipinski definition) is 2. The van der Waals surface area contributed by atoms with Gasteiger partial charge in [-0.15, -0.1) is 12.4 Å². The first kappa shape index (κ1) is 12.8. The SMILES string of the molecule is COc1ccc2c(c1)C(C(=O)O)CNC2.Cl. The lowest BCUT2D eigenvalue weighted by Crippen LogP contribution is -2.32. The Morgan fingerprint density at radius 2 is 2.31 bits per heavy atom. The van der Waals surface area contributed by atoms with Gasteiger partial charge in [-0.3, -0.25) is 4.79 Å². The van der Waals surface area contributed by atoms with Crippen LogP contribution in [-0.4, -0.2) is 24.7 Å². The van der Waals surface area contributed by atoms with Gasteiger partial charge in [-0.1, -0.05) is 6.07 Å². The lowest BCUT2D eigenvalue weighted by atomic mass is 9.91. The molecule has 0 saturated carbocycles. The summed E-state index contributed by atoms with van der Waals surface area (Å²) in [6.07, 6.45) is 0. The summed E-state index contributed by atoms with van der Waals surface area (Å²) in [6, 6.07) is 5.58. The minimum Gasteiger partial charge on any atom is -0.497 e. The molecule has 2 rings (SSSR count). The first-order valence-electron chi connectivity index (χ1n) is 4.82. The van der Waals surface area contributed by atoms with Crippen molar-refractivity contribution in [2.45, 2.75) is 12.5 Å². The van der Waals surface area contributed by atoms with Gasteiger partial charge in [0.15, 0.2) is 0 Å². The highest BCUT2D eigenvalue weighted by Gasteiger charge is 2.26. The van der Waals surface area contributed by atoms with Crippen molar-refractivity contribution in [3.05, 3.63) is 29.3 Å². The maximum atomic E-state index is 11.0. The van der Waals surface area contributed by atoms with Crippen LogP contribution in [0.3, 0.4) is 0 Å². The number of ether oxygens (including phenoxy) is 1. The van der Waals surface area contributed by atoms with E-state index in [0.29, 0.717) is 12.3 Å². The summed E-state index contributed by atoms with van der Waals surface area (Å²) in [5, 5.41) is 12.2. The van der Waals surface area contributed by atoms with E-state index in [1.54, 1.807) is 7.11 Å². The summed E-state index contributed by atoms with van der Waals surface area (Å²) in [7, 11) is 1.58. The molecule has 16 heavy (non-hydrogen) atoms. The van der Waals surface area contributed by atoms with Crippen LogP contribution in [0.15, 0.2) is 18.2 Å². The van der Waals surface area contributed by atoms with Crippen LogP contribution in [0.25, 0.3) is 0 Å². The van der Waals surface area contributed by atoms with Crippen molar-refractivity contribution >= 4 is 18.4 Å². The molecule has 0 saturated heterocycles. The van der Waals surface area contributed by atoms with Gasteiger partial charge in [0.2, 0.25) is 0 Å². The van der Waals surface area contributed by atoms with Crippen LogP contribution in [0.5, 0.6) is 5.75 Å². The van der Waals surface area contributed by atoms with E-state index in [1.807, 2.05) is 18.2 Å². The molecule has 1 aliphatic heterocycles. The van der Waals surface area contributed by atoms with Gasteiger partial charge in [-0.2, -0.15) is 0 Å². The third kappa shape index (κ3) is 2.28. The van der Waals surface area contributed by atoms with Gasteiger partial charge in [-0.25, -0.2) is 0 Å². The van der Waals surface area contributed by atoms with Crippen molar-refractivity contribution in [1.29, 1.82) is 0 Å². The smallest absolute Gasteiger partial charge is 0.312 e. The van der Waals surface area contributed by atoms with Crippen molar-refractivity contribution in [2.75, 3.05) is 13.7 Å². The second kappa shape index (κ2) is 5.18. The average Bonchev–Trinajstić information content (AvgIpc) is 2.27. The first-order valence-corrected chi connectivity index (χ1v) is 4.82. The molecule has 88 valence electrons. The molecule has 4 nitrogen and oxygen atoms in total. The third-order valence-corrected chi connectivity index (χ3v) is 2.69. The summed E-state index contributed by atoms with van der Waals surface area (Å²) in [5.41, 5.74) is 1.90. The minimum atomic E-state index is -0.795. The van der Waals surface area contributed by atoms with Gasteiger partial charge in [0, 0.05) is 13.1 Å². The molecule has 1 aromatic carbocycles. The van der Waals surface area contributed by atoms with Crippen molar-refractivity contribution in [3.63, 3.8) is 0 Å². The number of fused-ring (bicyclic) bond motifs is 1. The van der Waals surface area contributed by atoms with Crippen LogP contribution >= 0.6 is 12.4 Å². The minimum absolute atomic E-state index is 0. The number of rotatable bonds is 2. The van der Waals surface area contributed by atoms with E-state index in [1.165, 1.54) is 0 Å². The van der Waals surface area contributed by atoms with Crippen LogP contribution in [0.2, 0.25) is 0 Å². The van der Waals surface area contributed by atoms with Gasteiger partial charge in [0.05, 0.1) is 13.0 Å². The number of benzene rings is 1. The average molecular weight is 244 g/mol. The highest BCUT2D eigenvalue weighted by atomic mass is 35.5. The Morgan fingerprint density at radius 3 is 2.94 bits per heavy atom. The predicted octanol–water partition coefficient (Wildman–Crippen LogP) is 1.39. The molecule has 1 atom stereocenters. The van der Waals surface area contributed by atoms with Gasteiger partial charge < -0.3 is 15.2 Å². The van der Waals surface area contributed by atoms with Crippen LogP contribution in [0.1, 0.15) is 17.0 Å². The number of hydrogen-bond acceptors (Lipinski definition) is 3. The molecule has 0 fully saturated rings. The number of nitrogens with one attached hydrogen (secondary N) is 1. The highest BCUT2D eigenvalue weighted by Crippen LogP contribution is 2.27. The standard InChI is InChI=1S/C11H13NO3.ClH/c1-15-8-3-2-7-5-12-6-10(11(13)14)9(7)4-8;/h2-4,10,12H,5-6H2,1H3,(H,13,14);1H. The summed E-state index contributed by atoms with van der Waals surface area (Å²) >= 11 is 0.